The predicted octanol–water partition coefficient (Wildman–Crippen LogP) is 9.57. The zero-order valence-corrected chi connectivity index (χ0v) is 22.0. The van der Waals surface area contributed by atoms with Crippen LogP contribution in [-0.4, -0.2) is 29.0 Å². The first-order valence-corrected chi connectivity index (χ1v) is 14.7. The van der Waals surface area contributed by atoms with Gasteiger partial charge in [-0.05, 0) is 25.9 Å². The van der Waals surface area contributed by atoms with Crippen molar-refractivity contribution in [2.24, 2.45) is 0 Å². The predicted molar refractivity (Wildman–Crippen MR) is 139 cm³/mol. The van der Waals surface area contributed by atoms with E-state index in [2.05, 4.69) is 41.3 Å². The molecule has 0 unspecified atom stereocenters. The molecule has 0 atom stereocenters. The van der Waals surface area contributed by atoms with E-state index in [0.29, 0.717) is 0 Å². The van der Waals surface area contributed by atoms with Crippen molar-refractivity contribution in [1.29, 1.82) is 0 Å². The molecule has 2 heteroatoms. The molecule has 0 saturated heterocycles. The molecule has 170 valence electrons. The minimum Gasteiger partial charge on any atom is -0.303 e. The van der Waals surface area contributed by atoms with Crippen LogP contribution in [0.5, 0.6) is 0 Å². The fraction of sp³-hybridized carbons (Fsp3) is 1.00. The lowest BCUT2D eigenvalue weighted by Crippen LogP contribution is -2.28. The fourth-order valence-corrected chi connectivity index (χ4v) is 4.78. The van der Waals surface area contributed by atoms with Crippen molar-refractivity contribution in [3.63, 3.8) is 0 Å². The van der Waals surface area contributed by atoms with Crippen LogP contribution in [0.1, 0.15) is 142 Å². The Labute approximate surface area is 193 Å². The number of alkyl halides is 1. The lowest BCUT2D eigenvalue weighted by atomic mass is 10.1. The van der Waals surface area contributed by atoms with Crippen molar-refractivity contribution >= 4 is 22.6 Å². The molecular weight excluding hydrogens is 453 g/mol. The van der Waals surface area contributed by atoms with E-state index < -0.39 is 0 Å². The third-order valence-corrected chi connectivity index (χ3v) is 6.54. The summed E-state index contributed by atoms with van der Waals surface area (Å²) in [6.45, 7) is 8.60. The fourth-order valence-electron chi connectivity index (χ4n) is 4.10. The van der Waals surface area contributed by atoms with Gasteiger partial charge < -0.3 is 4.90 Å². The molecule has 1 nitrogen and oxygen atoms in total. The highest BCUT2D eigenvalue weighted by Gasteiger charge is 2.04. The van der Waals surface area contributed by atoms with E-state index in [-0.39, 0.29) is 0 Å². The Morgan fingerprint density at radius 1 is 0.393 bits per heavy atom. The van der Waals surface area contributed by atoms with Gasteiger partial charge in [-0.25, -0.2) is 0 Å². The topological polar surface area (TPSA) is 3.24 Å². The van der Waals surface area contributed by atoms with Crippen LogP contribution in [-0.2, 0) is 0 Å². The average molecular weight is 508 g/mol. The van der Waals surface area contributed by atoms with Crippen LogP contribution in [0.4, 0.5) is 0 Å². The maximum absolute atomic E-state index is 2.74. The van der Waals surface area contributed by atoms with Crippen LogP contribution in [0.2, 0.25) is 0 Å². The van der Waals surface area contributed by atoms with Gasteiger partial charge in [-0.2, -0.15) is 0 Å². The highest BCUT2D eigenvalue weighted by molar-refractivity contribution is 14.1. The van der Waals surface area contributed by atoms with Gasteiger partial charge in [0.1, 0.15) is 0 Å². The van der Waals surface area contributed by atoms with E-state index in [1.807, 2.05) is 0 Å². The largest absolute Gasteiger partial charge is 0.303 e. The van der Waals surface area contributed by atoms with Gasteiger partial charge >= 0.3 is 0 Å². The van der Waals surface area contributed by atoms with Crippen LogP contribution >= 0.6 is 22.6 Å². The molecule has 0 spiro atoms. The average Bonchev–Trinajstić information content (AvgIpc) is 2.70. The molecular formula is C26H54IN. The van der Waals surface area contributed by atoms with Crippen molar-refractivity contribution in [1.82, 2.24) is 4.90 Å². The summed E-state index contributed by atoms with van der Waals surface area (Å²) >= 11 is 2.55. The standard InChI is InChI=1S/C26H54IN/c1-3-5-7-9-11-13-15-17-19-21-24-28(26-23-27)25-22-20-18-16-14-12-10-8-6-4-2/h3-26H2,1-2H3. The van der Waals surface area contributed by atoms with E-state index in [1.54, 1.807) is 0 Å². The highest BCUT2D eigenvalue weighted by Crippen LogP contribution is 2.13. The zero-order chi connectivity index (χ0) is 20.5. The third-order valence-electron chi connectivity index (χ3n) is 6.06. The third kappa shape index (κ3) is 23.0. The maximum Gasteiger partial charge on any atom is 0.0123 e. The van der Waals surface area contributed by atoms with Gasteiger partial charge in [-0.1, -0.05) is 152 Å². The molecule has 0 aromatic rings. The van der Waals surface area contributed by atoms with Crippen LogP contribution in [0, 0.1) is 0 Å². The van der Waals surface area contributed by atoms with Crippen molar-refractivity contribution in [3.8, 4) is 0 Å². The minimum absolute atomic E-state index is 1.28. The quantitative estimate of drug-likeness (QED) is 0.0714. The van der Waals surface area contributed by atoms with E-state index in [0.717, 1.165) is 0 Å². The SMILES string of the molecule is CCCCCCCCCCCCN(CCI)CCCCCCCCCCCC. The molecule has 0 amide bonds. The van der Waals surface area contributed by atoms with E-state index in [1.165, 1.54) is 152 Å². The summed E-state index contributed by atoms with van der Waals surface area (Å²) in [6.07, 6.45) is 29.0. The summed E-state index contributed by atoms with van der Waals surface area (Å²) in [5, 5.41) is 0. The number of unbranched alkanes of at least 4 members (excludes halogenated alkanes) is 18. The lowest BCUT2D eigenvalue weighted by molar-refractivity contribution is 0.276. The number of hydrogen-bond donors (Lipinski definition) is 0. The van der Waals surface area contributed by atoms with Crippen molar-refractivity contribution in [2.45, 2.75) is 142 Å². The summed E-state index contributed by atoms with van der Waals surface area (Å²) in [5.41, 5.74) is 0. The van der Waals surface area contributed by atoms with Gasteiger partial charge in [0, 0.05) is 11.0 Å². The molecule has 0 saturated carbocycles. The summed E-state index contributed by atoms with van der Waals surface area (Å²) in [7, 11) is 0. The zero-order valence-electron chi connectivity index (χ0n) is 19.8. The molecule has 0 N–H and O–H groups in total. The van der Waals surface area contributed by atoms with Crippen LogP contribution < -0.4 is 0 Å². The van der Waals surface area contributed by atoms with Crippen LogP contribution in [0.15, 0.2) is 0 Å². The molecule has 28 heavy (non-hydrogen) atoms. The first-order valence-electron chi connectivity index (χ1n) is 13.1. The van der Waals surface area contributed by atoms with Gasteiger partial charge in [-0.3, -0.25) is 0 Å². The Bertz CT molecular complexity index is 245. The van der Waals surface area contributed by atoms with Crippen molar-refractivity contribution in [2.75, 3.05) is 24.1 Å². The molecule has 0 heterocycles. The van der Waals surface area contributed by atoms with Gasteiger partial charge in [0.15, 0.2) is 0 Å². The van der Waals surface area contributed by atoms with E-state index in [9.17, 15) is 0 Å². The van der Waals surface area contributed by atoms with E-state index >= 15 is 0 Å². The monoisotopic (exact) mass is 507 g/mol. The van der Waals surface area contributed by atoms with Gasteiger partial charge in [0.25, 0.3) is 0 Å². The maximum atomic E-state index is 2.74. The number of halogens is 1. The molecule has 0 aromatic carbocycles. The summed E-state index contributed by atoms with van der Waals surface area (Å²) in [6, 6.07) is 0. The number of rotatable bonds is 24. The Balaban J connectivity index is 3.41. The van der Waals surface area contributed by atoms with Gasteiger partial charge in [-0.15, -0.1) is 0 Å². The molecule has 0 bridgehead atoms. The van der Waals surface area contributed by atoms with Crippen LogP contribution in [0.25, 0.3) is 0 Å². The molecule has 0 aliphatic heterocycles. The van der Waals surface area contributed by atoms with Crippen molar-refractivity contribution in [3.05, 3.63) is 0 Å². The summed E-state index contributed by atoms with van der Waals surface area (Å²) in [5.74, 6) is 0. The Hall–Kier alpha value is 0.690. The Morgan fingerprint density at radius 2 is 0.679 bits per heavy atom. The van der Waals surface area contributed by atoms with Crippen molar-refractivity contribution < 1.29 is 0 Å². The number of nitrogens with zero attached hydrogens (tertiary/aromatic N) is 1. The second-order valence-electron chi connectivity index (χ2n) is 8.89. The second kappa shape index (κ2) is 25.7. The Morgan fingerprint density at radius 3 is 0.964 bits per heavy atom. The molecule has 0 fully saturated rings. The first-order chi connectivity index (χ1) is 13.8. The first kappa shape index (κ1) is 28.7. The Kier molecular flexibility index (Phi) is 26.4. The van der Waals surface area contributed by atoms with E-state index in [4.69, 9.17) is 0 Å². The van der Waals surface area contributed by atoms with Gasteiger partial charge in [0.2, 0.25) is 0 Å². The minimum atomic E-state index is 1.28. The molecule has 0 aromatic heterocycles. The summed E-state index contributed by atoms with van der Waals surface area (Å²) < 4.78 is 1.28. The normalized spacial score (nSPS) is 11.6. The second-order valence-corrected chi connectivity index (χ2v) is 9.97. The lowest BCUT2D eigenvalue weighted by Gasteiger charge is -2.21. The highest BCUT2D eigenvalue weighted by atomic mass is 127. The van der Waals surface area contributed by atoms with Crippen LogP contribution in [0.3, 0.4) is 0 Å². The summed E-state index contributed by atoms with van der Waals surface area (Å²) in [4.78, 5) is 2.74. The van der Waals surface area contributed by atoms with Gasteiger partial charge in [0.05, 0.1) is 0 Å². The molecule has 0 rings (SSSR count). The molecule has 0 aliphatic carbocycles. The molecule has 0 radical (unpaired) electrons. The number of hydrogen-bond acceptors (Lipinski definition) is 1. The smallest absolute Gasteiger partial charge is 0.0123 e. The molecule has 0 aliphatic rings.